The number of pyridine rings is 1. The first-order chi connectivity index (χ1) is 16.1. The summed E-state index contributed by atoms with van der Waals surface area (Å²) in [5.74, 6) is -1.05. The zero-order valence-electron chi connectivity index (χ0n) is 18.9. The highest BCUT2D eigenvalue weighted by Crippen LogP contribution is 2.28. The Hall–Kier alpha value is -2.09. The molecule has 13 heteroatoms. The highest BCUT2D eigenvalue weighted by Gasteiger charge is 2.44. The molecule has 3 N–H and O–H groups in total. The van der Waals surface area contributed by atoms with Crippen molar-refractivity contribution < 1.29 is 26.4 Å². The van der Waals surface area contributed by atoms with Crippen molar-refractivity contribution in [2.45, 2.75) is 42.1 Å². The number of amides is 2. The van der Waals surface area contributed by atoms with Crippen molar-refractivity contribution in [3.8, 4) is 0 Å². The zero-order valence-corrected chi connectivity index (χ0v) is 20.6. The number of piperidine rings is 2. The maximum absolute atomic E-state index is 13.4. The zero-order chi connectivity index (χ0) is 24.5. The van der Waals surface area contributed by atoms with Crippen LogP contribution in [0.2, 0.25) is 0 Å². The summed E-state index contributed by atoms with van der Waals surface area (Å²) in [5.41, 5.74) is 6.25. The lowest BCUT2D eigenvalue weighted by molar-refractivity contribution is -0.141. The molecule has 0 aliphatic carbocycles. The number of carbonyl (C=O) groups is 2. The van der Waals surface area contributed by atoms with E-state index in [1.54, 1.807) is 15.9 Å². The highest BCUT2D eigenvalue weighted by molar-refractivity contribution is 7.92. The molecule has 34 heavy (non-hydrogen) atoms. The van der Waals surface area contributed by atoms with Crippen LogP contribution in [0, 0.1) is 5.92 Å². The molecule has 1 aromatic rings. The third kappa shape index (κ3) is 5.11. The third-order valence-corrected chi connectivity index (χ3v) is 10.5. The number of rotatable bonds is 5. The van der Waals surface area contributed by atoms with Gasteiger partial charge >= 0.3 is 0 Å². The highest BCUT2D eigenvalue weighted by atomic mass is 32.2. The van der Waals surface area contributed by atoms with Crippen molar-refractivity contribution in [3.05, 3.63) is 23.9 Å². The number of nitrogens with one attached hydrogen (secondary N) is 1. The van der Waals surface area contributed by atoms with Crippen molar-refractivity contribution in [1.29, 1.82) is 0 Å². The van der Waals surface area contributed by atoms with Crippen LogP contribution < -0.4 is 11.1 Å². The lowest BCUT2D eigenvalue weighted by atomic mass is 9.92. The van der Waals surface area contributed by atoms with Gasteiger partial charge in [-0.1, -0.05) is 0 Å². The molecule has 3 saturated heterocycles. The van der Waals surface area contributed by atoms with Crippen molar-refractivity contribution in [1.82, 2.24) is 20.1 Å². The molecule has 0 bridgehead atoms. The number of nitrogens with two attached hydrogens (primary N) is 1. The molecular weight excluding hydrogens is 482 g/mol. The molecule has 0 radical (unpaired) electrons. The van der Waals surface area contributed by atoms with Gasteiger partial charge in [0.25, 0.3) is 0 Å². The molecule has 188 valence electrons. The fourth-order valence-corrected chi connectivity index (χ4v) is 7.82. The Bertz CT molecular complexity index is 1140. The van der Waals surface area contributed by atoms with Gasteiger partial charge in [-0.15, -0.1) is 0 Å². The molecule has 1 aromatic heterocycles. The predicted octanol–water partition coefficient (Wildman–Crippen LogP) is -1.46. The van der Waals surface area contributed by atoms with Crippen LogP contribution >= 0.6 is 0 Å². The molecule has 3 aliphatic heterocycles. The smallest absolute Gasteiger partial charge is 0.241 e. The second-order valence-corrected chi connectivity index (χ2v) is 13.5. The summed E-state index contributed by atoms with van der Waals surface area (Å²) in [6.45, 7) is 1.87. The number of hydrogen-bond donors (Lipinski definition) is 2. The van der Waals surface area contributed by atoms with E-state index in [9.17, 15) is 26.4 Å². The molecule has 4 heterocycles. The topological polar surface area (TPSA) is 160 Å². The number of aromatic nitrogens is 1. The van der Waals surface area contributed by atoms with E-state index in [1.165, 1.54) is 12.3 Å². The molecule has 2 unspecified atom stereocenters. The van der Waals surface area contributed by atoms with E-state index < -0.39 is 36.7 Å². The SMILES string of the molecule is NCc1ccnc(S(=O)(=O)[C@@H]2CCCN(C3CNCC(C(=O)N4CCS(=O)(=O)CC4)C3)C2=O)c1. The number of sulfone groups is 2. The van der Waals surface area contributed by atoms with Gasteiger partial charge in [-0.25, -0.2) is 21.8 Å². The maximum Gasteiger partial charge on any atom is 0.241 e. The Balaban J connectivity index is 1.46. The van der Waals surface area contributed by atoms with E-state index in [-0.39, 0.29) is 54.5 Å². The minimum Gasteiger partial charge on any atom is -0.340 e. The van der Waals surface area contributed by atoms with E-state index >= 15 is 0 Å². The molecule has 0 aromatic carbocycles. The summed E-state index contributed by atoms with van der Waals surface area (Å²) in [7, 11) is -7.08. The molecule has 0 spiro atoms. The number of likely N-dealkylation sites (tertiary alicyclic amines) is 1. The monoisotopic (exact) mass is 513 g/mol. The van der Waals surface area contributed by atoms with Crippen LogP contribution in [-0.4, -0.2) is 99.0 Å². The third-order valence-electron chi connectivity index (χ3n) is 6.90. The summed E-state index contributed by atoms with van der Waals surface area (Å²) < 4.78 is 49.9. The van der Waals surface area contributed by atoms with Gasteiger partial charge in [0.2, 0.25) is 21.7 Å². The average molecular weight is 514 g/mol. The van der Waals surface area contributed by atoms with Crippen LogP contribution in [0.3, 0.4) is 0 Å². The Morgan fingerprint density at radius 2 is 1.94 bits per heavy atom. The lowest BCUT2D eigenvalue weighted by Crippen LogP contribution is -2.59. The van der Waals surface area contributed by atoms with E-state index in [2.05, 4.69) is 10.3 Å². The Kier molecular flexibility index (Phi) is 7.27. The fraction of sp³-hybridized carbons (Fsp3) is 0.667. The van der Waals surface area contributed by atoms with Crippen LogP contribution in [-0.2, 0) is 35.8 Å². The summed E-state index contributed by atoms with van der Waals surface area (Å²) in [5, 5.41) is 1.84. The molecule has 3 fully saturated rings. The van der Waals surface area contributed by atoms with E-state index in [4.69, 9.17) is 5.73 Å². The normalized spacial score (nSPS) is 28.0. The van der Waals surface area contributed by atoms with Crippen LogP contribution in [0.5, 0.6) is 0 Å². The molecule has 2 amide bonds. The van der Waals surface area contributed by atoms with Crippen molar-refractivity contribution in [2.75, 3.05) is 44.2 Å². The summed E-state index contributed by atoms with van der Waals surface area (Å²) >= 11 is 0. The first-order valence-electron chi connectivity index (χ1n) is 11.5. The van der Waals surface area contributed by atoms with Crippen molar-refractivity contribution in [2.24, 2.45) is 11.7 Å². The average Bonchev–Trinajstić information content (AvgIpc) is 2.83. The lowest BCUT2D eigenvalue weighted by Gasteiger charge is -2.42. The Labute approximate surface area is 199 Å². The van der Waals surface area contributed by atoms with Crippen LogP contribution in [0.4, 0.5) is 0 Å². The summed E-state index contributed by atoms with van der Waals surface area (Å²) in [6.07, 6.45) is 2.55. The van der Waals surface area contributed by atoms with Gasteiger partial charge in [0, 0.05) is 51.5 Å². The molecule has 3 atom stereocenters. The largest absolute Gasteiger partial charge is 0.340 e. The van der Waals surface area contributed by atoms with Gasteiger partial charge in [0.05, 0.1) is 17.4 Å². The van der Waals surface area contributed by atoms with Crippen molar-refractivity contribution >= 4 is 31.5 Å². The van der Waals surface area contributed by atoms with Gasteiger partial charge in [-0.3, -0.25) is 9.59 Å². The molecule has 0 saturated carbocycles. The van der Waals surface area contributed by atoms with Gasteiger partial charge in [-0.2, -0.15) is 0 Å². The second-order valence-electron chi connectivity index (χ2n) is 9.14. The van der Waals surface area contributed by atoms with Gasteiger partial charge < -0.3 is 20.9 Å². The van der Waals surface area contributed by atoms with Gasteiger partial charge in [0.1, 0.15) is 5.25 Å². The molecule has 4 rings (SSSR count). The molecule has 11 nitrogen and oxygen atoms in total. The van der Waals surface area contributed by atoms with E-state index in [0.717, 1.165) is 0 Å². The Morgan fingerprint density at radius 3 is 2.65 bits per heavy atom. The van der Waals surface area contributed by atoms with E-state index in [0.29, 0.717) is 38.0 Å². The summed E-state index contributed by atoms with van der Waals surface area (Å²) in [4.78, 5) is 33.5. The number of nitrogens with zero attached hydrogens (tertiary/aromatic N) is 3. The van der Waals surface area contributed by atoms with Gasteiger partial charge in [0.15, 0.2) is 14.9 Å². The summed E-state index contributed by atoms with van der Waals surface area (Å²) in [6, 6.07) is 2.73. The first-order valence-corrected chi connectivity index (χ1v) is 14.9. The predicted molar refractivity (Wildman–Crippen MR) is 124 cm³/mol. The number of hydrogen-bond acceptors (Lipinski definition) is 9. The standard InChI is InChI=1S/C21H31N5O6S2/c22-12-15-3-4-24-19(10-15)34(31,32)18-2-1-5-26(21(18)28)17-11-16(13-23-14-17)20(27)25-6-8-33(29,30)9-7-25/h3-4,10,16-18,23H,1-2,5-9,11-14,22H2/t16?,17?,18-/m1/s1. The van der Waals surface area contributed by atoms with Gasteiger partial charge in [-0.05, 0) is 37.0 Å². The number of carbonyl (C=O) groups excluding carboxylic acids is 2. The fourth-order valence-electron chi connectivity index (χ4n) is 4.93. The first kappa shape index (κ1) is 25.0. The minimum atomic E-state index is -3.98. The van der Waals surface area contributed by atoms with Crippen LogP contribution in [0.1, 0.15) is 24.8 Å². The van der Waals surface area contributed by atoms with Crippen LogP contribution in [0.15, 0.2) is 23.4 Å². The molecule has 3 aliphatic rings. The maximum atomic E-state index is 13.4. The second kappa shape index (κ2) is 9.88. The van der Waals surface area contributed by atoms with E-state index in [1.807, 2.05) is 0 Å². The van der Waals surface area contributed by atoms with Crippen LogP contribution in [0.25, 0.3) is 0 Å². The van der Waals surface area contributed by atoms with Crippen molar-refractivity contribution in [3.63, 3.8) is 0 Å². The quantitative estimate of drug-likeness (QED) is 0.480. The molecular formula is C21H31N5O6S2. The minimum absolute atomic E-state index is 0.0359. The Morgan fingerprint density at radius 1 is 1.21 bits per heavy atom.